The molecule has 0 nitrogen and oxygen atoms in total. The van der Waals surface area contributed by atoms with Gasteiger partial charge in [-0.1, -0.05) is 322 Å². The molecular formula is C82H54Si2. The van der Waals surface area contributed by atoms with Crippen molar-refractivity contribution in [1.29, 1.82) is 0 Å². The highest BCUT2D eigenvalue weighted by Gasteiger charge is 2.51. The fourth-order valence-corrected chi connectivity index (χ4v) is 26.1. The molecule has 2 aliphatic heterocycles. The Labute approximate surface area is 491 Å². The van der Waals surface area contributed by atoms with E-state index in [1.54, 1.807) is 0 Å². The Balaban J connectivity index is 1.02. The zero-order valence-corrected chi connectivity index (χ0v) is 48.2. The van der Waals surface area contributed by atoms with Crippen LogP contribution in [0.5, 0.6) is 0 Å². The van der Waals surface area contributed by atoms with Crippen molar-refractivity contribution < 1.29 is 0 Å². The molecule has 15 aromatic rings. The fourth-order valence-electron chi connectivity index (χ4n) is 15.7. The molecule has 0 N–H and O–H groups in total. The van der Waals surface area contributed by atoms with E-state index in [9.17, 15) is 0 Å². The molecule has 0 amide bonds. The van der Waals surface area contributed by atoms with Crippen molar-refractivity contribution in [3.63, 3.8) is 0 Å². The van der Waals surface area contributed by atoms with Gasteiger partial charge in [0.05, 0.1) is 0 Å². The van der Waals surface area contributed by atoms with Crippen LogP contribution in [-0.2, 0) is 0 Å². The second kappa shape index (κ2) is 19.2. The summed E-state index contributed by atoms with van der Waals surface area (Å²) in [5.41, 5.74) is 15.4. The number of fused-ring (bicyclic) bond motifs is 10. The van der Waals surface area contributed by atoms with Crippen LogP contribution >= 0.6 is 0 Å². The molecule has 0 aromatic heterocycles. The zero-order valence-electron chi connectivity index (χ0n) is 46.2. The molecule has 84 heavy (non-hydrogen) atoms. The summed E-state index contributed by atoms with van der Waals surface area (Å²) in [7, 11) is -5.62. The van der Waals surface area contributed by atoms with Crippen molar-refractivity contribution in [2.75, 3.05) is 0 Å². The Morgan fingerprint density at radius 1 is 0.155 bits per heavy atom. The average Bonchev–Trinajstić information content (AvgIpc) is 2.28. The van der Waals surface area contributed by atoms with Gasteiger partial charge in [-0.15, -0.1) is 0 Å². The SMILES string of the molecule is c1ccc(-c2c3ccccc3c(-c3c4cccc(-c5cccc6c5-c5ccccc5[Si]6(c5ccccc5)c5ccccc5)c4cc4c(-c5cccc6c5-c5ccccc5[Si]6(c5ccccc5)c5ccccc5)cccc34)c3ccccc23)cc1. The van der Waals surface area contributed by atoms with Gasteiger partial charge in [-0.25, -0.2) is 0 Å². The van der Waals surface area contributed by atoms with Crippen molar-refractivity contribution in [3.05, 3.63) is 328 Å². The third-order valence-corrected chi connectivity index (χ3v) is 28.6. The van der Waals surface area contributed by atoms with Gasteiger partial charge in [0, 0.05) is 0 Å². The van der Waals surface area contributed by atoms with Crippen LogP contribution in [0.25, 0.3) is 110 Å². The smallest absolute Gasteiger partial charge is 0.0623 e. The molecule has 0 radical (unpaired) electrons. The lowest BCUT2D eigenvalue weighted by Gasteiger charge is -2.31. The number of hydrogen-bond donors (Lipinski definition) is 0. The summed E-state index contributed by atoms with van der Waals surface area (Å²) in [6.45, 7) is 0. The quantitative estimate of drug-likeness (QED) is 0.105. The van der Waals surface area contributed by atoms with E-state index >= 15 is 0 Å². The van der Waals surface area contributed by atoms with Crippen LogP contribution in [0, 0.1) is 0 Å². The first kappa shape index (κ1) is 48.5. The van der Waals surface area contributed by atoms with E-state index in [2.05, 4.69) is 328 Å². The van der Waals surface area contributed by atoms with E-state index in [0.29, 0.717) is 0 Å². The van der Waals surface area contributed by atoms with Crippen molar-refractivity contribution >= 4 is 101 Å². The summed E-state index contributed by atoms with van der Waals surface area (Å²) >= 11 is 0. The summed E-state index contributed by atoms with van der Waals surface area (Å²) in [5.74, 6) is 0. The van der Waals surface area contributed by atoms with Gasteiger partial charge in [0.2, 0.25) is 0 Å². The lowest BCUT2D eigenvalue weighted by molar-refractivity contribution is 1.64. The average molecular weight is 1100 g/mol. The molecule has 0 atom stereocenters. The Morgan fingerprint density at radius 3 is 0.810 bits per heavy atom. The third kappa shape index (κ3) is 6.81. The van der Waals surface area contributed by atoms with Crippen LogP contribution in [0.2, 0.25) is 0 Å². The van der Waals surface area contributed by atoms with Gasteiger partial charge in [-0.2, -0.15) is 0 Å². The molecule has 0 spiro atoms. The van der Waals surface area contributed by atoms with E-state index in [0.717, 1.165) is 0 Å². The Bertz CT molecular complexity index is 4730. The summed E-state index contributed by atoms with van der Waals surface area (Å²) in [6, 6.07) is 125. The molecular weight excluding hydrogens is 1040 g/mol. The molecule has 0 aliphatic carbocycles. The minimum atomic E-state index is -2.81. The second-order valence-electron chi connectivity index (χ2n) is 22.8. The van der Waals surface area contributed by atoms with Gasteiger partial charge in [0.25, 0.3) is 0 Å². The minimum absolute atomic E-state index is 1.22. The van der Waals surface area contributed by atoms with E-state index in [4.69, 9.17) is 0 Å². The summed E-state index contributed by atoms with van der Waals surface area (Å²) in [5, 5.41) is 21.3. The van der Waals surface area contributed by atoms with Crippen molar-refractivity contribution in [2.45, 2.75) is 0 Å². The molecule has 390 valence electrons. The largest absolute Gasteiger partial charge is 0.180 e. The minimum Gasteiger partial charge on any atom is -0.0623 e. The predicted octanol–water partition coefficient (Wildman–Crippen LogP) is 15.7. The maximum absolute atomic E-state index is 2.81. The number of benzene rings is 15. The predicted molar refractivity (Wildman–Crippen MR) is 363 cm³/mol. The highest BCUT2D eigenvalue weighted by atomic mass is 28.3. The number of rotatable bonds is 8. The third-order valence-electron chi connectivity index (χ3n) is 18.8. The molecule has 0 bridgehead atoms. The molecule has 0 saturated carbocycles. The summed E-state index contributed by atoms with van der Waals surface area (Å²) in [6.07, 6.45) is 0. The lowest BCUT2D eigenvalue weighted by Crippen LogP contribution is -2.72. The summed E-state index contributed by atoms with van der Waals surface area (Å²) < 4.78 is 0. The number of hydrogen-bond acceptors (Lipinski definition) is 0. The standard InChI is InChI=1S/C82H54Si2/c1-6-28-55(29-7-1)78-64-38-16-18-40-66(64)81(67-41-19-17-39-65(67)78)82-68-46-24-44-60(62-48-26-52-76-79(62)70-42-20-22-50-74(70)83(76,56-30-8-2-9-31-56)57-32-10-3-11-33-57)72(68)54-73-61(45-25-47-69(73)82)63-49-27-53-77-80(63)71-43-21-23-51-75(71)84(77,58-34-12-4-13-35-58)59-36-14-5-15-37-59/h1-54H. The zero-order chi connectivity index (χ0) is 55.3. The van der Waals surface area contributed by atoms with Gasteiger partial charge < -0.3 is 0 Å². The van der Waals surface area contributed by atoms with Gasteiger partial charge in [0.1, 0.15) is 0 Å². The van der Waals surface area contributed by atoms with Crippen LogP contribution in [-0.4, -0.2) is 16.1 Å². The first-order chi connectivity index (χ1) is 41.7. The maximum Gasteiger partial charge on any atom is 0.180 e. The highest BCUT2D eigenvalue weighted by molar-refractivity contribution is 7.23. The molecule has 2 heteroatoms. The Kier molecular flexibility index (Phi) is 11.1. The molecule has 2 heterocycles. The Morgan fingerprint density at radius 2 is 0.417 bits per heavy atom. The molecule has 0 unspecified atom stereocenters. The van der Waals surface area contributed by atoms with Crippen molar-refractivity contribution in [1.82, 2.24) is 0 Å². The monoisotopic (exact) mass is 1090 g/mol. The molecule has 17 rings (SSSR count). The first-order valence-corrected chi connectivity index (χ1v) is 33.4. The Hall–Kier alpha value is -10.2. The van der Waals surface area contributed by atoms with Crippen LogP contribution in [0.3, 0.4) is 0 Å². The molecule has 2 aliphatic rings. The van der Waals surface area contributed by atoms with Gasteiger partial charge >= 0.3 is 0 Å². The van der Waals surface area contributed by atoms with E-state index in [1.807, 2.05) is 0 Å². The molecule has 0 saturated heterocycles. The van der Waals surface area contributed by atoms with Crippen LogP contribution in [0.15, 0.2) is 328 Å². The topological polar surface area (TPSA) is 0 Å². The van der Waals surface area contributed by atoms with Gasteiger partial charge in [0.15, 0.2) is 16.1 Å². The van der Waals surface area contributed by atoms with Crippen LogP contribution < -0.4 is 41.5 Å². The van der Waals surface area contributed by atoms with Crippen molar-refractivity contribution in [3.8, 4) is 66.8 Å². The maximum atomic E-state index is 2.58. The van der Waals surface area contributed by atoms with Gasteiger partial charge in [-0.05, 0) is 157 Å². The van der Waals surface area contributed by atoms with Crippen LogP contribution in [0.1, 0.15) is 0 Å². The summed E-state index contributed by atoms with van der Waals surface area (Å²) in [4.78, 5) is 0. The molecule has 15 aromatic carbocycles. The first-order valence-electron chi connectivity index (χ1n) is 29.4. The molecule has 0 fully saturated rings. The van der Waals surface area contributed by atoms with Crippen molar-refractivity contribution in [2.24, 2.45) is 0 Å². The fraction of sp³-hybridized carbons (Fsp3) is 0. The lowest BCUT2D eigenvalue weighted by atomic mass is 9.80. The van der Waals surface area contributed by atoms with Crippen LogP contribution in [0.4, 0.5) is 0 Å². The van der Waals surface area contributed by atoms with Gasteiger partial charge in [-0.3, -0.25) is 0 Å². The van der Waals surface area contributed by atoms with E-state index in [-0.39, 0.29) is 0 Å². The second-order valence-corrected chi connectivity index (χ2v) is 30.2. The van der Waals surface area contributed by atoms with E-state index in [1.165, 1.54) is 151 Å². The normalized spacial score (nSPS) is 13.4. The van der Waals surface area contributed by atoms with E-state index < -0.39 is 16.1 Å². The highest BCUT2D eigenvalue weighted by Crippen LogP contribution is 2.51.